The number of para-hydroxylation sites is 3. The van der Waals surface area contributed by atoms with Crippen molar-refractivity contribution in [1.29, 1.82) is 0 Å². The Morgan fingerprint density at radius 2 is 1.65 bits per heavy atom. The highest BCUT2D eigenvalue weighted by Gasteiger charge is 2.11. The van der Waals surface area contributed by atoms with E-state index in [1.165, 1.54) is 0 Å². The van der Waals surface area contributed by atoms with Gasteiger partial charge in [-0.25, -0.2) is 14.8 Å². The molecular formula is C15H9N3O2. The lowest BCUT2D eigenvalue weighted by Gasteiger charge is -1.97. The van der Waals surface area contributed by atoms with Crippen LogP contribution in [-0.2, 0) is 0 Å². The molecule has 2 aromatic carbocycles. The van der Waals surface area contributed by atoms with Crippen LogP contribution in [0.1, 0.15) is 0 Å². The Morgan fingerprint density at radius 1 is 0.900 bits per heavy atom. The van der Waals surface area contributed by atoms with Crippen LogP contribution in [0.3, 0.4) is 0 Å². The molecule has 0 fully saturated rings. The molecule has 4 rings (SSSR count). The first-order valence-electron chi connectivity index (χ1n) is 6.16. The van der Waals surface area contributed by atoms with E-state index in [2.05, 4.69) is 15.0 Å². The number of aromatic nitrogens is 3. The number of hydrogen-bond acceptors (Lipinski definition) is 4. The third-order valence-corrected chi connectivity index (χ3v) is 3.13. The molecule has 0 saturated carbocycles. The van der Waals surface area contributed by atoms with Crippen LogP contribution in [0, 0.1) is 0 Å². The molecule has 0 unspecified atom stereocenters. The fraction of sp³-hybridized carbons (Fsp3) is 0. The Bertz CT molecular complexity index is 952. The zero-order valence-electron chi connectivity index (χ0n) is 10.3. The molecule has 0 radical (unpaired) electrons. The summed E-state index contributed by atoms with van der Waals surface area (Å²) in [6, 6.07) is 14.7. The van der Waals surface area contributed by atoms with E-state index in [4.69, 9.17) is 4.42 Å². The third kappa shape index (κ3) is 1.60. The van der Waals surface area contributed by atoms with Gasteiger partial charge in [0.25, 0.3) is 5.89 Å². The molecule has 4 aromatic rings. The Balaban J connectivity index is 1.99. The molecule has 0 aliphatic heterocycles. The molecule has 0 saturated heterocycles. The highest BCUT2D eigenvalue weighted by Crippen LogP contribution is 2.19. The van der Waals surface area contributed by atoms with E-state index < -0.39 is 5.63 Å². The maximum Gasteiger partial charge on any atom is 0.347 e. The zero-order chi connectivity index (χ0) is 13.5. The number of nitrogens with one attached hydrogen (secondary N) is 1. The number of fused-ring (bicyclic) bond motifs is 2. The van der Waals surface area contributed by atoms with E-state index in [1.54, 1.807) is 18.2 Å². The first kappa shape index (κ1) is 10.9. The molecule has 0 aliphatic rings. The second-order valence-electron chi connectivity index (χ2n) is 4.43. The Kier molecular flexibility index (Phi) is 2.20. The molecule has 0 atom stereocenters. The van der Waals surface area contributed by atoms with Crippen molar-refractivity contribution in [3.05, 3.63) is 59.0 Å². The summed E-state index contributed by atoms with van der Waals surface area (Å²) in [7, 11) is 0. The minimum atomic E-state index is -0.411. The summed E-state index contributed by atoms with van der Waals surface area (Å²) in [4.78, 5) is 23.8. The van der Waals surface area contributed by atoms with E-state index in [-0.39, 0.29) is 5.89 Å². The number of benzene rings is 2. The molecule has 96 valence electrons. The van der Waals surface area contributed by atoms with Crippen molar-refractivity contribution in [2.45, 2.75) is 0 Å². The van der Waals surface area contributed by atoms with Crippen LogP contribution in [0.2, 0.25) is 0 Å². The van der Waals surface area contributed by atoms with Gasteiger partial charge in [0.15, 0.2) is 5.82 Å². The van der Waals surface area contributed by atoms with Gasteiger partial charge in [-0.1, -0.05) is 24.3 Å². The summed E-state index contributed by atoms with van der Waals surface area (Å²) in [6.07, 6.45) is 0. The number of nitrogens with zero attached hydrogens (tertiary/aromatic N) is 2. The SMILES string of the molecule is O=c1oc(-c2nc3ccccc3[nH]2)nc2ccccc12. The summed E-state index contributed by atoms with van der Waals surface area (Å²) in [5, 5.41) is 0.465. The highest BCUT2D eigenvalue weighted by atomic mass is 16.4. The van der Waals surface area contributed by atoms with Gasteiger partial charge in [-0.15, -0.1) is 0 Å². The zero-order valence-corrected chi connectivity index (χ0v) is 10.3. The number of H-pyrrole nitrogens is 1. The highest BCUT2D eigenvalue weighted by molar-refractivity contribution is 5.80. The lowest BCUT2D eigenvalue weighted by atomic mass is 10.2. The van der Waals surface area contributed by atoms with Crippen LogP contribution in [-0.4, -0.2) is 15.0 Å². The van der Waals surface area contributed by atoms with Crippen LogP contribution >= 0.6 is 0 Å². The second kappa shape index (κ2) is 4.03. The van der Waals surface area contributed by atoms with Crippen molar-refractivity contribution >= 4 is 21.9 Å². The van der Waals surface area contributed by atoms with Gasteiger partial charge < -0.3 is 9.40 Å². The maximum atomic E-state index is 11.9. The monoisotopic (exact) mass is 263 g/mol. The standard InChI is InChI=1S/C15H9N3O2/c19-15-9-5-1-2-6-10(9)18-14(20-15)13-16-11-7-3-4-8-12(11)17-13/h1-8H,(H,16,17). The molecule has 5 nitrogen and oxygen atoms in total. The molecule has 0 aliphatic carbocycles. The lowest BCUT2D eigenvalue weighted by Crippen LogP contribution is -2.03. The number of rotatable bonds is 1. The van der Waals surface area contributed by atoms with Crippen molar-refractivity contribution in [1.82, 2.24) is 15.0 Å². The minimum absolute atomic E-state index is 0.199. The normalized spacial score (nSPS) is 11.2. The molecule has 0 spiro atoms. The molecule has 0 bridgehead atoms. The van der Waals surface area contributed by atoms with E-state index in [9.17, 15) is 4.79 Å². The van der Waals surface area contributed by atoms with Crippen LogP contribution in [0.25, 0.3) is 33.7 Å². The lowest BCUT2D eigenvalue weighted by molar-refractivity contribution is 0.514. The van der Waals surface area contributed by atoms with Gasteiger partial charge in [-0.05, 0) is 24.3 Å². The van der Waals surface area contributed by atoms with E-state index in [0.29, 0.717) is 16.7 Å². The molecule has 1 N–H and O–H groups in total. The summed E-state index contributed by atoms with van der Waals surface area (Å²) in [6.45, 7) is 0. The van der Waals surface area contributed by atoms with Crippen molar-refractivity contribution in [2.75, 3.05) is 0 Å². The molecular weight excluding hydrogens is 254 g/mol. The fourth-order valence-electron chi connectivity index (χ4n) is 2.17. The van der Waals surface area contributed by atoms with Crippen LogP contribution in [0.4, 0.5) is 0 Å². The summed E-state index contributed by atoms with van der Waals surface area (Å²) in [5.74, 6) is 0.652. The van der Waals surface area contributed by atoms with Gasteiger partial charge >= 0.3 is 5.63 Å². The smallest absolute Gasteiger partial charge is 0.347 e. The van der Waals surface area contributed by atoms with Gasteiger partial charge in [0.05, 0.1) is 21.9 Å². The first-order valence-corrected chi connectivity index (χ1v) is 6.16. The van der Waals surface area contributed by atoms with Crippen LogP contribution < -0.4 is 5.63 Å². The van der Waals surface area contributed by atoms with Crippen molar-refractivity contribution in [3.8, 4) is 11.7 Å². The molecule has 2 heterocycles. The van der Waals surface area contributed by atoms with E-state index >= 15 is 0 Å². The third-order valence-electron chi connectivity index (χ3n) is 3.13. The van der Waals surface area contributed by atoms with Gasteiger partial charge in [-0.3, -0.25) is 0 Å². The quantitative estimate of drug-likeness (QED) is 0.573. The molecule has 0 amide bonds. The van der Waals surface area contributed by atoms with Gasteiger partial charge in [0.2, 0.25) is 0 Å². The van der Waals surface area contributed by atoms with E-state index in [0.717, 1.165) is 11.0 Å². The van der Waals surface area contributed by atoms with Gasteiger partial charge in [0.1, 0.15) is 0 Å². The first-order chi connectivity index (χ1) is 9.81. The molecule has 5 heteroatoms. The van der Waals surface area contributed by atoms with Crippen molar-refractivity contribution in [2.24, 2.45) is 0 Å². The number of imidazole rings is 1. The Labute approximate surface area is 112 Å². The number of hydrogen-bond donors (Lipinski definition) is 1. The van der Waals surface area contributed by atoms with Crippen molar-refractivity contribution in [3.63, 3.8) is 0 Å². The van der Waals surface area contributed by atoms with Crippen LogP contribution in [0.15, 0.2) is 57.7 Å². The molecule has 20 heavy (non-hydrogen) atoms. The summed E-state index contributed by atoms with van der Waals surface area (Å²) < 4.78 is 5.25. The number of aromatic amines is 1. The van der Waals surface area contributed by atoms with Crippen LogP contribution in [0.5, 0.6) is 0 Å². The summed E-state index contributed by atoms with van der Waals surface area (Å²) in [5.41, 5.74) is 1.87. The maximum absolute atomic E-state index is 11.9. The minimum Gasteiger partial charge on any atom is -0.400 e. The second-order valence-corrected chi connectivity index (χ2v) is 4.43. The fourth-order valence-corrected chi connectivity index (χ4v) is 2.17. The predicted molar refractivity (Wildman–Crippen MR) is 75.4 cm³/mol. The Morgan fingerprint density at radius 3 is 2.50 bits per heavy atom. The topological polar surface area (TPSA) is 71.8 Å². The summed E-state index contributed by atoms with van der Waals surface area (Å²) >= 11 is 0. The van der Waals surface area contributed by atoms with Gasteiger partial charge in [-0.2, -0.15) is 0 Å². The van der Waals surface area contributed by atoms with Gasteiger partial charge in [0, 0.05) is 0 Å². The average Bonchev–Trinajstić information content (AvgIpc) is 2.91. The Hall–Kier alpha value is -2.95. The molecule has 2 aromatic heterocycles. The van der Waals surface area contributed by atoms with E-state index in [1.807, 2.05) is 30.3 Å². The largest absolute Gasteiger partial charge is 0.400 e. The van der Waals surface area contributed by atoms with Crippen molar-refractivity contribution < 1.29 is 4.42 Å². The average molecular weight is 263 g/mol. The predicted octanol–water partition coefficient (Wildman–Crippen LogP) is 2.73.